The molecule has 1 aromatic rings. The second-order valence-electron chi connectivity index (χ2n) is 4.18. The summed E-state index contributed by atoms with van der Waals surface area (Å²) >= 11 is 0. The van der Waals surface area contributed by atoms with Crippen LogP contribution in [0.1, 0.15) is 25.3 Å². The number of aliphatic imine (C=N–C) groups is 1. The zero-order valence-corrected chi connectivity index (χ0v) is 11.2. The molecule has 0 aliphatic rings. The molecule has 0 aliphatic heterocycles. The molecule has 0 amide bonds. The summed E-state index contributed by atoms with van der Waals surface area (Å²) in [7, 11) is 0. The number of nitrogens with one attached hydrogen (secondary N) is 2. The average Bonchev–Trinajstić information content (AvgIpc) is 2.42. The van der Waals surface area contributed by atoms with Crippen LogP contribution in [0.3, 0.4) is 0 Å². The van der Waals surface area contributed by atoms with Crippen LogP contribution in [0, 0.1) is 0 Å². The predicted octanol–water partition coefficient (Wildman–Crippen LogP) is 1.34. The van der Waals surface area contributed by atoms with Crippen molar-refractivity contribution in [3.8, 4) is 0 Å². The van der Waals surface area contributed by atoms with E-state index in [-0.39, 0.29) is 6.61 Å². The van der Waals surface area contributed by atoms with Gasteiger partial charge in [0.15, 0.2) is 5.96 Å². The fourth-order valence-corrected chi connectivity index (χ4v) is 1.63. The van der Waals surface area contributed by atoms with Crippen molar-refractivity contribution < 1.29 is 5.11 Å². The van der Waals surface area contributed by atoms with E-state index in [1.165, 1.54) is 5.56 Å². The number of hydrogen-bond donors (Lipinski definition) is 3. The zero-order chi connectivity index (χ0) is 13.2. The van der Waals surface area contributed by atoms with Crippen LogP contribution in [0.5, 0.6) is 0 Å². The van der Waals surface area contributed by atoms with Gasteiger partial charge in [-0.2, -0.15) is 0 Å². The molecule has 0 fully saturated rings. The maximum atomic E-state index is 8.79. The third-order valence-electron chi connectivity index (χ3n) is 2.64. The van der Waals surface area contributed by atoms with Gasteiger partial charge in [-0.15, -0.1) is 0 Å². The van der Waals surface area contributed by atoms with E-state index in [1.54, 1.807) is 0 Å². The summed E-state index contributed by atoms with van der Waals surface area (Å²) in [5, 5.41) is 15.0. The molecule has 0 heterocycles. The molecule has 1 unspecified atom stereocenters. The van der Waals surface area contributed by atoms with Crippen LogP contribution in [0.2, 0.25) is 0 Å². The van der Waals surface area contributed by atoms with Crippen LogP contribution < -0.4 is 10.6 Å². The van der Waals surface area contributed by atoms with Gasteiger partial charge in [-0.05, 0) is 12.5 Å². The maximum Gasteiger partial charge on any atom is 0.191 e. The Kier molecular flexibility index (Phi) is 6.87. The van der Waals surface area contributed by atoms with E-state index < -0.39 is 0 Å². The molecule has 0 aromatic heterocycles. The van der Waals surface area contributed by atoms with Gasteiger partial charge in [0.05, 0.1) is 6.61 Å². The molecule has 0 saturated heterocycles. The van der Waals surface area contributed by atoms with Gasteiger partial charge >= 0.3 is 0 Å². The second-order valence-corrected chi connectivity index (χ2v) is 4.18. The van der Waals surface area contributed by atoms with E-state index >= 15 is 0 Å². The highest BCUT2D eigenvalue weighted by atomic mass is 16.3. The van der Waals surface area contributed by atoms with Gasteiger partial charge in [0.25, 0.3) is 0 Å². The number of aliphatic hydroxyl groups is 1. The van der Waals surface area contributed by atoms with E-state index in [2.05, 4.69) is 34.7 Å². The minimum Gasteiger partial charge on any atom is -0.395 e. The molecule has 0 bridgehead atoms. The molecule has 3 N–H and O–H groups in total. The Labute approximate surface area is 109 Å². The number of hydrogen-bond acceptors (Lipinski definition) is 2. The van der Waals surface area contributed by atoms with Crippen LogP contribution >= 0.6 is 0 Å². The van der Waals surface area contributed by atoms with Gasteiger partial charge in [-0.3, -0.25) is 4.99 Å². The first-order valence-corrected chi connectivity index (χ1v) is 6.46. The van der Waals surface area contributed by atoms with Gasteiger partial charge < -0.3 is 15.7 Å². The third-order valence-corrected chi connectivity index (χ3v) is 2.64. The van der Waals surface area contributed by atoms with Crippen LogP contribution in [-0.4, -0.2) is 37.3 Å². The highest BCUT2D eigenvalue weighted by molar-refractivity contribution is 5.79. The normalized spacial score (nSPS) is 13.2. The van der Waals surface area contributed by atoms with Gasteiger partial charge in [0.2, 0.25) is 0 Å². The van der Waals surface area contributed by atoms with Crippen molar-refractivity contribution in [2.45, 2.75) is 19.8 Å². The third kappa shape index (κ3) is 5.19. The zero-order valence-electron chi connectivity index (χ0n) is 11.2. The lowest BCUT2D eigenvalue weighted by molar-refractivity contribution is 0.300. The van der Waals surface area contributed by atoms with Crippen molar-refractivity contribution in [1.29, 1.82) is 0 Å². The standard InChI is InChI=1S/C14H23N3O/c1-3-15-14(16-9-10-18)17-11-12(2)13-7-5-4-6-8-13/h4-8,12,18H,3,9-11H2,1-2H3,(H2,15,16,17). The van der Waals surface area contributed by atoms with Gasteiger partial charge in [-0.25, -0.2) is 0 Å². The van der Waals surface area contributed by atoms with Crippen molar-refractivity contribution in [3.63, 3.8) is 0 Å². The first kappa shape index (κ1) is 14.5. The summed E-state index contributed by atoms with van der Waals surface area (Å²) in [6, 6.07) is 10.4. The van der Waals surface area contributed by atoms with E-state index in [0.29, 0.717) is 12.5 Å². The molecule has 4 heteroatoms. The first-order chi connectivity index (χ1) is 8.77. The van der Waals surface area contributed by atoms with E-state index in [1.807, 2.05) is 25.1 Å². The molecule has 1 aromatic carbocycles. The summed E-state index contributed by atoms with van der Waals surface area (Å²) in [6.07, 6.45) is 0. The van der Waals surface area contributed by atoms with Gasteiger partial charge in [0.1, 0.15) is 0 Å². The van der Waals surface area contributed by atoms with Gasteiger partial charge in [0, 0.05) is 25.6 Å². The topological polar surface area (TPSA) is 56.7 Å². The lowest BCUT2D eigenvalue weighted by Gasteiger charge is -2.13. The molecule has 1 atom stereocenters. The number of guanidine groups is 1. The van der Waals surface area contributed by atoms with Crippen molar-refractivity contribution in [3.05, 3.63) is 35.9 Å². The van der Waals surface area contributed by atoms with Crippen LogP contribution in [0.15, 0.2) is 35.3 Å². The van der Waals surface area contributed by atoms with Crippen molar-refractivity contribution in [2.75, 3.05) is 26.2 Å². The fourth-order valence-electron chi connectivity index (χ4n) is 1.63. The number of benzene rings is 1. The Balaban J connectivity index is 2.53. The minimum absolute atomic E-state index is 0.110. The predicted molar refractivity (Wildman–Crippen MR) is 75.9 cm³/mol. The Hall–Kier alpha value is -1.55. The SMILES string of the molecule is CCNC(=NCC(C)c1ccccc1)NCCO. The van der Waals surface area contributed by atoms with E-state index in [9.17, 15) is 0 Å². The van der Waals surface area contributed by atoms with Crippen molar-refractivity contribution in [1.82, 2.24) is 10.6 Å². The number of nitrogens with zero attached hydrogens (tertiary/aromatic N) is 1. The number of rotatable bonds is 6. The monoisotopic (exact) mass is 249 g/mol. The molecule has 18 heavy (non-hydrogen) atoms. The number of aliphatic hydroxyl groups excluding tert-OH is 1. The first-order valence-electron chi connectivity index (χ1n) is 6.46. The summed E-state index contributed by atoms with van der Waals surface area (Å²) in [6.45, 7) is 6.36. The van der Waals surface area contributed by atoms with E-state index in [0.717, 1.165) is 19.0 Å². The molecule has 0 saturated carbocycles. The Bertz CT molecular complexity index is 351. The summed E-state index contributed by atoms with van der Waals surface area (Å²) < 4.78 is 0. The van der Waals surface area contributed by atoms with Gasteiger partial charge in [-0.1, -0.05) is 37.3 Å². The molecule has 4 nitrogen and oxygen atoms in total. The Morgan fingerprint density at radius 2 is 2.00 bits per heavy atom. The van der Waals surface area contributed by atoms with Crippen LogP contribution in [-0.2, 0) is 0 Å². The average molecular weight is 249 g/mol. The highest BCUT2D eigenvalue weighted by Crippen LogP contribution is 2.14. The highest BCUT2D eigenvalue weighted by Gasteiger charge is 2.04. The lowest BCUT2D eigenvalue weighted by Crippen LogP contribution is -2.38. The van der Waals surface area contributed by atoms with E-state index in [4.69, 9.17) is 5.11 Å². The molecular formula is C14H23N3O. The molecule has 0 spiro atoms. The van der Waals surface area contributed by atoms with Crippen LogP contribution in [0.4, 0.5) is 0 Å². The fraction of sp³-hybridized carbons (Fsp3) is 0.500. The van der Waals surface area contributed by atoms with Crippen LogP contribution in [0.25, 0.3) is 0 Å². The van der Waals surface area contributed by atoms with Crippen molar-refractivity contribution >= 4 is 5.96 Å². The van der Waals surface area contributed by atoms with Crippen molar-refractivity contribution in [2.24, 2.45) is 4.99 Å². The summed E-state index contributed by atoms with van der Waals surface area (Å²) in [4.78, 5) is 4.51. The summed E-state index contributed by atoms with van der Waals surface area (Å²) in [5.41, 5.74) is 1.29. The largest absolute Gasteiger partial charge is 0.395 e. The molecule has 1 rings (SSSR count). The maximum absolute atomic E-state index is 8.79. The summed E-state index contributed by atoms with van der Waals surface area (Å²) in [5.74, 6) is 1.14. The minimum atomic E-state index is 0.110. The molecular weight excluding hydrogens is 226 g/mol. The molecule has 0 radical (unpaired) electrons. The Morgan fingerprint density at radius 1 is 1.28 bits per heavy atom. The quantitative estimate of drug-likeness (QED) is 0.527. The smallest absolute Gasteiger partial charge is 0.191 e. The second kappa shape index (κ2) is 8.53. The molecule has 100 valence electrons. The Morgan fingerprint density at radius 3 is 2.61 bits per heavy atom. The lowest BCUT2D eigenvalue weighted by atomic mass is 10.0. The molecule has 0 aliphatic carbocycles.